The molecule has 2 N–H and O–H groups in total. The molecule has 2 heterocycles. The molecule has 3 aromatic rings. The summed E-state index contributed by atoms with van der Waals surface area (Å²) in [6.45, 7) is 12.5. The number of hydrogen-bond acceptors (Lipinski definition) is 6. The van der Waals surface area contributed by atoms with Crippen LogP contribution in [0.4, 0.5) is 11.8 Å². The standard InChI is InChI=1S/C24H26N6/c1-6-7-12-26-16(2)15-28-23-22(18(4)29-24(25-5)30-23)17(3)19-10-11-21-20(14-19)9-8-13-27-21/h6-14H,1,3,15H2,2,4-5H3,(H2,25,28,29,30)/b12-7-,26-16?. The zero-order chi connectivity index (χ0) is 21.5. The Morgan fingerprint density at radius 3 is 2.83 bits per heavy atom. The quantitative estimate of drug-likeness (QED) is 0.412. The highest BCUT2D eigenvalue weighted by Crippen LogP contribution is 2.31. The zero-order valence-electron chi connectivity index (χ0n) is 17.6. The molecular weight excluding hydrogens is 372 g/mol. The van der Waals surface area contributed by atoms with E-state index in [9.17, 15) is 0 Å². The fourth-order valence-corrected chi connectivity index (χ4v) is 3.07. The highest BCUT2D eigenvalue weighted by molar-refractivity contribution is 5.91. The fraction of sp³-hybridized carbons (Fsp3) is 0.167. The van der Waals surface area contributed by atoms with Gasteiger partial charge in [-0.15, -0.1) is 0 Å². The maximum atomic E-state index is 4.63. The van der Waals surface area contributed by atoms with Crippen molar-refractivity contribution in [3.8, 4) is 0 Å². The number of anilines is 2. The second-order valence-electron chi connectivity index (χ2n) is 6.79. The predicted molar refractivity (Wildman–Crippen MR) is 127 cm³/mol. The second kappa shape index (κ2) is 9.60. The number of pyridine rings is 1. The van der Waals surface area contributed by atoms with E-state index < -0.39 is 0 Å². The van der Waals surface area contributed by atoms with Crippen molar-refractivity contribution < 1.29 is 0 Å². The van der Waals surface area contributed by atoms with E-state index in [4.69, 9.17) is 0 Å². The minimum Gasteiger partial charge on any atom is -0.364 e. The van der Waals surface area contributed by atoms with E-state index in [1.165, 1.54) is 0 Å². The number of allylic oxidation sites excluding steroid dienone is 2. The molecule has 0 amide bonds. The molecule has 6 nitrogen and oxygen atoms in total. The largest absolute Gasteiger partial charge is 0.364 e. The van der Waals surface area contributed by atoms with Crippen molar-refractivity contribution >= 4 is 34.0 Å². The summed E-state index contributed by atoms with van der Waals surface area (Å²) in [6, 6.07) is 10.1. The molecule has 2 aromatic heterocycles. The molecule has 30 heavy (non-hydrogen) atoms. The molecule has 0 atom stereocenters. The Labute approximate surface area is 177 Å². The first-order chi connectivity index (χ1) is 14.5. The Balaban J connectivity index is 1.97. The molecule has 0 unspecified atom stereocenters. The first kappa shape index (κ1) is 20.9. The molecule has 0 saturated carbocycles. The van der Waals surface area contributed by atoms with E-state index in [1.54, 1.807) is 31.6 Å². The number of nitrogens with zero attached hydrogens (tertiary/aromatic N) is 4. The zero-order valence-corrected chi connectivity index (χ0v) is 17.6. The topological polar surface area (TPSA) is 75.1 Å². The maximum absolute atomic E-state index is 4.63. The molecule has 0 radical (unpaired) electrons. The molecule has 0 fully saturated rings. The van der Waals surface area contributed by atoms with Crippen LogP contribution < -0.4 is 10.6 Å². The van der Waals surface area contributed by atoms with Crippen LogP contribution >= 0.6 is 0 Å². The summed E-state index contributed by atoms with van der Waals surface area (Å²) in [4.78, 5) is 18.0. The van der Waals surface area contributed by atoms with Gasteiger partial charge < -0.3 is 10.6 Å². The van der Waals surface area contributed by atoms with Gasteiger partial charge in [0, 0.05) is 36.1 Å². The Bertz CT molecular complexity index is 1140. The first-order valence-corrected chi connectivity index (χ1v) is 9.69. The highest BCUT2D eigenvalue weighted by atomic mass is 15.1. The van der Waals surface area contributed by atoms with Crippen LogP contribution in [0.1, 0.15) is 23.7 Å². The molecule has 3 rings (SSSR count). The van der Waals surface area contributed by atoms with Crippen LogP contribution in [-0.4, -0.2) is 34.3 Å². The lowest BCUT2D eigenvalue weighted by Crippen LogP contribution is -2.15. The summed E-state index contributed by atoms with van der Waals surface area (Å²) in [6.07, 6.45) is 7.00. The molecule has 0 saturated heterocycles. The lowest BCUT2D eigenvalue weighted by Gasteiger charge is -2.17. The van der Waals surface area contributed by atoms with Gasteiger partial charge in [0.25, 0.3) is 0 Å². The molecule has 0 spiro atoms. The van der Waals surface area contributed by atoms with E-state index in [-0.39, 0.29) is 0 Å². The van der Waals surface area contributed by atoms with Crippen LogP contribution in [-0.2, 0) is 0 Å². The van der Waals surface area contributed by atoms with Crippen LogP contribution in [0.2, 0.25) is 0 Å². The Morgan fingerprint density at radius 1 is 1.23 bits per heavy atom. The third-order valence-corrected chi connectivity index (χ3v) is 4.60. The van der Waals surface area contributed by atoms with Gasteiger partial charge in [-0.2, -0.15) is 4.98 Å². The second-order valence-corrected chi connectivity index (χ2v) is 6.79. The van der Waals surface area contributed by atoms with Crippen LogP contribution in [0.15, 0.2) is 73.0 Å². The predicted octanol–water partition coefficient (Wildman–Crippen LogP) is 5.01. The summed E-state index contributed by atoms with van der Waals surface area (Å²) in [5.74, 6) is 1.26. The molecule has 6 heteroatoms. The van der Waals surface area contributed by atoms with Crippen molar-refractivity contribution in [1.82, 2.24) is 15.0 Å². The molecule has 0 aliphatic rings. The van der Waals surface area contributed by atoms with Crippen molar-refractivity contribution in [3.63, 3.8) is 0 Å². The van der Waals surface area contributed by atoms with E-state index >= 15 is 0 Å². The van der Waals surface area contributed by atoms with E-state index in [0.717, 1.165) is 39.0 Å². The highest BCUT2D eigenvalue weighted by Gasteiger charge is 2.16. The minimum atomic E-state index is 0.545. The van der Waals surface area contributed by atoms with Gasteiger partial charge in [-0.05, 0) is 49.3 Å². The molecule has 152 valence electrons. The van der Waals surface area contributed by atoms with Crippen LogP contribution in [0.25, 0.3) is 16.5 Å². The van der Waals surface area contributed by atoms with Crippen molar-refractivity contribution in [3.05, 3.63) is 84.9 Å². The lowest BCUT2D eigenvalue weighted by atomic mass is 9.97. The first-order valence-electron chi connectivity index (χ1n) is 9.69. The van der Waals surface area contributed by atoms with Crippen molar-refractivity contribution in [2.75, 3.05) is 24.2 Å². The minimum absolute atomic E-state index is 0.545. The third kappa shape index (κ3) is 4.78. The lowest BCUT2D eigenvalue weighted by molar-refractivity contribution is 1.07. The Hall–Kier alpha value is -3.80. The number of fused-ring (bicyclic) bond motifs is 1. The van der Waals surface area contributed by atoms with E-state index in [1.807, 2.05) is 38.1 Å². The summed E-state index contributed by atoms with van der Waals surface area (Å²) in [7, 11) is 1.80. The monoisotopic (exact) mass is 398 g/mol. The van der Waals surface area contributed by atoms with Gasteiger partial charge in [-0.1, -0.05) is 31.4 Å². The number of nitrogens with one attached hydrogen (secondary N) is 2. The average Bonchev–Trinajstić information content (AvgIpc) is 2.76. The fourth-order valence-electron chi connectivity index (χ4n) is 3.07. The average molecular weight is 399 g/mol. The van der Waals surface area contributed by atoms with Gasteiger partial charge in [0.05, 0.1) is 17.8 Å². The van der Waals surface area contributed by atoms with Gasteiger partial charge in [0.2, 0.25) is 5.95 Å². The van der Waals surface area contributed by atoms with Crippen molar-refractivity contribution in [2.45, 2.75) is 13.8 Å². The number of aliphatic imine (C=N–C) groups is 1. The number of hydrogen-bond donors (Lipinski definition) is 2. The SMILES string of the molecule is C=C/C=C\N=C(C)CNc1nc(NC)nc(C)c1C(=C)c1ccc2ncccc2c1. The van der Waals surface area contributed by atoms with Crippen LogP contribution in [0, 0.1) is 6.92 Å². The number of aromatic nitrogens is 3. The third-order valence-electron chi connectivity index (χ3n) is 4.60. The normalized spacial score (nSPS) is 11.6. The summed E-state index contributed by atoms with van der Waals surface area (Å²) >= 11 is 0. The van der Waals surface area contributed by atoms with E-state index in [0.29, 0.717) is 18.3 Å². The van der Waals surface area contributed by atoms with Crippen molar-refractivity contribution in [1.29, 1.82) is 0 Å². The smallest absolute Gasteiger partial charge is 0.224 e. The molecule has 0 bridgehead atoms. The molecule has 1 aromatic carbocycles. The summed E-state index contributed by atoms with van der Waals surface area (Å²) in [5, 5.41) is 7.47. The van der Waals surface area contributed by atoms with Crippen molar-refractivity contribution in [2.24, 2.45) is 4.99 Å². The van der Waals surface area contributed by atoms with Crippen LogP contribution in [0.5, 0.6) is 0 Å². The molecular formula is C24H26N6. The van der Waals surface area contributed by atoms with Gasteiger partial charge >= 0.3 is 0 Å². The number of aryl methyl sites for hydroxylation is 1. The number of benzene rings is 1. The summed E-state index contributed by atoms with van der Waals surface area (Å²) in [5.41, 5.74) is 5.45. The molecule has 0 aliphatic carbocycles. The maximum Gasteiger partial charge on any atom is 0.224 e. The Morgan fingerprint density at radius 2 is 2.07 bits per heavy atom. The van der Waals surface area contributed by atoms with E-state index in [2.05, 4.69) is 49.8 Å². The van der Waals surface area contributed by atoms with Gasteiger partial charge in [-0.3, -0.25) is 9.98 Å². The van der Waals surface area contributed by atoms with Gasteiger partial charge in [-0.25, -0.2) is 4.98 Å². The Kier molecular flexibility index (Phi) is 6.70. The summed E-state index contributed by atoms with van der Waals surface area (Å²) < 4.78 is 0. The van der Waals surface area contributed by atoms with Gasteiger partial charge in [0.15, 0.2) is 0 Å². The molecule has 0 aliphatic heterocycles. The van der Waals surface area contributed by atoms with Gasteiger partial charge in [0.1, 0.15) is 5.82 Å². The number of rotatable bonds is 8. The van der Waals surface area contributed by atoms with Crippen LogP contribution in [0.3, 0.4) is 0 Å².